The molecule has 1 aliphatic rings. The number of aliphatic hydroxyl groups excluding tert-OH is 1. The Morgan fingerprint density at radius 2 is 1.80 bits per heavy atom. The van der Waals surface area contributed by atoms with Gasteiger partial charge in [-0.15, -0.1) is 0 Å². The van der Waals surface area contributed by atoms with Crippen LogP contribution in [0.15, 0.2) is 0 Å². The smallest absolute Gasteiger partial charge is 0.0540 e. The van der Waals surface area contributed by atoms with E-state index in [0.29, 0.717) is 12.0 Å². The van der Waals surface area contributed by atoms with Crippen LogP contribution < -0.4 is 5.73 Å². The zero-order valence-electron chi connectivity index (χ0n) is 6.59. The molecule has 1 saturated carbocycles. The Kier molecular flexibility index (Phi) is 2.69. The maximum Gasteiger partial charge on any atom is 0.0540 e. The molecule has 60 valence electrons. The van der Waals surface area contributed by atoms with Crippen LogP contribution in [0.3, 0.4) is 0 Å². The third-order valence-electron chi connectivity index (χ3n) is 2.50. The lowest BCUT2D eigenvalue weighted by Crippen LogP contribution is -2.30. The molecule has 2 heteroatoms. The van der Waals surface area contributed by atoms with Crippen LogP contribution >= 0.6 is 0 Å². The second-order valence-electron chi connectivity index (χ2n) is 3.42. The average molecular weight is 143 g/mol. The second-order valence-corrected chi connectivity index (χ2v) is 3.42. The molecule has 0 aromatic heterocycles. The Balaban J connectivity index is 2.26. The SMILES string of the molecule is C[C@@H](O)[C@H]1CC[C@H](N)CC1. The van der Waals surface area contributed by atoms with Crippen LogP contribution in [-0.4, -0.2) is 17.3 Å². The summed E-state index contributed by atoms with van der Waals surface area (Å²) in [4.78, 5) is 0. The number of nitrogens with two attached hydrogens (primary N) is 1. The predicted octanol–water partition coefficient (Wildman–Crippen LogP) is 0.885. The maximum atomic E-state index is 9.22. The molecule has 1 fully saturated rings. The van der Waals surface area contributed by atoms with Gasteiger partial charge in [0.05, 0.1) is 6.10 Å². The van der Waals surface area contributed by atoms with Gasteiger partial charge in [-0.2, -0.15) is 0 Å². The monoisotopic (exact) mass is 143 g/mol. The molecule has 1 aliphatic carbocycles. The van der Waals surface area contributed by atoms with E-state index in [1.165, 1.54) is 0 Å². The molecule has 1 atom stereocenters. The lowest BCUT2D eigenvalue weighted by molar-refractivity contribution is 0.0972. The van der Waals surface area contributed by atoms with E-state index in [1.807, 2.05) is 6.92 Å². The molecule has 3 N–H and O–H groups in total. The summed E-state index contributed by atoms with van der Waals surface area (Å²) in [5.41, 5.74) is 5.72. The molecule has 0 aromatic rings. The second kappa shape index (κ2) is 3.35. The van der Waals surface area contributed by atoms with Crippen LogP contribution in [-0.2, 0) is 0 Å². The minimum atomic E-state index is -0.132. The Morgan fingerprint density at radius 1 is 1.30 bits per heavy atom. The standard InChI is InChI=1S/C8H17NO/c1-6(10)7-2-4-8(9)5-3-7/h6-8,10H,2-5,9H2,1H3/t6-,7-,8-/m1/s1. The summed E-state index contributed by atoms with van der Waals surface area (Å²) in [6.07, 6.45) is 4.27. The largest absolute Gasteiger partial charge is 0.393 e. The quantitative estimate of drug-likeness (QED) is 0.572. The third-order valence-corrected chi connectivity index (χ3v) is 2.50. The van der Waals surface area contributed by atoms with E-state index in [0.717, 1.165) is 25.7 Å². The van der Waals surface area contributed by atoms with Crippen molar-refractivity contribution >= 4 is 0 Å². The van der Waals surface area contributed by atoms with Gasteiger partial charge in [-0.05, 0) is 38.5 Å². The van der Waals surface area contributed by atoms with Gasteiger partial charge in [-0.3, -0.25) is 0 Å². The van der Waals surface area contributed by atoms with Gasteiger partial charge in [-0.1, -0.05) is 0 Å². The summed E-state index contributed by atoms with van der Waals surface area (Å²) in [5, 5.41) is 9.22. The van der Waals surface area contributed by atoms with Gasteiger partial charge in [0.15, 0.2) is 0 Å². The minimum absolute atomic E-state index is 0.132. The number of hydrogen-bond donors (Lipinski definition) is 2. The molecule has 0 bridgehead atoms. The van der Waals surface area contributed by atoms with E-state index in [2.05, 4.69) is 0 Å². The summed E-state index contributed by atoms with van der Waals surface area (Å²) in [6, 6.07) is 0.398. The highest BCUT2D eigenvalue weighted by atomic mass is 16.3. The first-order valence-corrected chi connectivity index (χ1v) is 4.14. The van der Waals surface area contributed by atoms with E-state index in [9.17, 15) is 5.11 Å². The number of aliphatic hydroxyl groups is 1. The van der Waals surface area contributed by atoms with Gasteiger partial charge in [0, 0.05) is 6.04 Å². The average Bonchev–Trinajstić information content (AvgIpc) is 1.88. The van der Waals surface area contributed by atoms with Crippen molar-refractivity contribution in [3.63, 3.8) is 0 Å². The van der Waals surface area contributed by atoms with Crippen molar-refractivity contribution in [3.05, 3.63) is 0 Å². The predicted molar refractivity (Wildman–Crippen MR) is 41.6 cm³/mol. The van der Waals surface area contributed by atoms with Gasteiger partial charge in [0.2, 0.25) is 0 Å². The lowest BCUT2D eigenvalue weighted by Gasteiger charge is -2.27. The molecule has 0 aromatic carbocycles. The van der Waals surface area contributed by atoms with Crippen molar-refractivity contribution in [2.24, 2.45) is 11.7 Å². The Labute approximate surface area is 62.4 Å². The van der Waals surface area contributed by atoms with Crippen molar-refractivity contribution in [2.75, 3.05) is 0 Å². The highest BCUT2D eigenvalue weighted by Crippen LogP contribution is 2.25. The maximum absolute atomic E-state index is 9.22. The molecule has 1 rings (SSSR count). The Bertz CT molecular complexity index is 95.4. The zero-order chi connectivity index (χ0) is 7.56. The van der Waals surface area contributed by atoms with E-state index in [1.54, 1.807) is 0 Å². The van der Waals surface area contributed by atoms with Gasteiger partial charge in [-0.25, -0.2) is 0 Å². The minimum Gasteiger partial charge on any atom is -0.393 e. The van der Waals surface area contributed by atoms with Crippen LogP contribution in [0.1, 0.15) is 32.6 Å². The number of rotatable bonds is 1. The van der Waals surface area contributed by atoms with Gasteiger partial charge < -0.3 is 10.8 Å². The summed E-state index contributed by atoms with van der Waals surface area (Å²) >= 11 is 0. The molecule has 2 nitrogen and oxygen atoms in total. The van der Waals surface area contributed by atoms with Crippen LogP contribution in [0, 0.1) is 5.92 Å². The van der Waals surface area contributed by atoms with Crippen LogP contribution in [0.4, 0.5) is 0 Å². The van der Waals surface area contributed by atoms with Crippen LogP contribution in [0.2, 0.25) is 0 Å². The first-order chi connectivity index (χ1) is 4.70. The molecule has 0 unspecified atom stereocenters. The lowest BCUT2D eigenvalue weighted by atomic mass is 9.84. The van der Waals surface area contributed by atoms with Crippen molar-refractivity contribution in [1.82, 2.24) is 0 Å². The van der Waals surface area contributed by atoms with Crippen LogP contribution in [0.25, 0.3) is 0 Å². The van der Waals surface area contributed by atoms with Crippen LogP contribution in [0.5, 0.6) is 0 Å². The fraction of sp³-hybridized carbons (Fsp3) is 1.00. The van der Waals surface area contributed by atoms with E-state index in [-0.39, 0.29) is 6.10 Å². The van der Waals surface area contributed by atoms with Crippen molar-refractivity contribution in [2.45, 2.75) is 44.8 Å². The first kappa shape index (κ1) is 8.02. The van der Waals surface area contributed by atoms with Gasteiger partial charge >= 0.3 is 0 Å². The molecule has 0 aliphatic heterocycles. The number of hydrogen-bond acceptors (Lipinski definition) is 2. The third kappa shape index (κ3) is 1.96. The van der Waals surface area contributed by atoms with E-state index in [4.69, 9.17) is 5.73 Å². The molecule has 0 saturated heterocycles. The zero-order valence-corrected chi connectivity index (χ0v) is 6.59. The summed E-state index contributed by atoms with van der Waals surface area (Å²) in [7, 11) is 0. The van der Waals surface area contributed by atoms with Gasteiger partial charge in [0.25, 0.3) is 0 Å². The summed E-state index contributed by atoms with van der Waals surface area (Å²) in [5.74, 6) is 0.514. The molecule has 0 heterocycles. The summed E-state index contributed by atoms with van der Waals surface area (Å²) < 4.78 is 0. The molecular weight excluding hydrogens is 126 g/mol. The molecule has 0 amide bonds. The topological polar surface area (TPSA) is 46.2 Å². The summed E-state index contributed by atoms with van der Waals surface area (Å²) in [6.45, 7) is 1.88. The molecular formula is C8H17NO. The Hall–Kier alpha value is -0.0800. The van der Waals surface area contributed by atoms with Gasteiger partial charge in [0.1, 0.15) is 0 Å². The molecule has 0 radical (unpaired) electrons. The Morgan fingerprint density at radius 3 is 2.20 bits per heavy atom. The molecule has 10 heavy (non-hydrogen) atoms. The fourth-order valence-electron chi connectivity index (χ4n) is 1.63. The van der Waals surface area contributed by atoms with E-state index < -0.39 is 0 Å². The van der Waals surface area contributed by atoms with E-state index >= 15 is 0 Å². The van der Waals surface area contributed by atoms with Crippen molar-refractivity contribution in [3.8, 4) is 0 Å². The molecule has 0 spiro atoms. The fourth-order valence-corrected chi connectivity index (χ4v) is 1.63. The highest BCUT2D eigenvalue weighted by molar-refractivity contribution is 4.76. The van der Waals surface area contributed by atoms with Crippen molar-refractivity contribution in [1.29, 1.82) is 0 Å². The van der Waals surface area contributed by atoms with Crippen molar-refractivity contribution < 1.29 is 5.11 Å². The highest BCUT2D eigenvalue weighted by Gasteiger charge is 2.21. The first-order valence-electron chi connectivity index (χ1n) is 4.14. The normalized spacial score (nSPS) is 37.5.